The predicted octanol–water partition coefficient (Wildman–Crippen LogP) is 3.44. The molecule has 2 nitrogen and oxygen atoms in total. The van der Waals surface area contributed by atoms with Crippen LogP contribution in [0.4, 0.5) is 0 Å². The quantitative estimate of drug-likeness (QED) is 0.466. The van der Waals surface area contributed by atoms with Crippen LogP contribution in [-0.4, -0.2) is 16.8 Å². The van der Waals surface area contributed by atoms with Crippen molar-refractivity contribution in [1.29, 1.82) is 0 Å². The molecule has 84 valence electrons. The van der Waals surface area contributed by atoms with Gasteiger partial charge in [-0.15, -0.1) is 0 Å². The number of ketones is 1. The molecule has 0 spiro atoms. The van der Waals surface area contributed by atoms with E-state index in [0.717, 1.165) is 0 Å². The summed E-state index contributed by atoms with van der Waals surface area (Å²) in [6.07, 6.45) is 1.49. The molecule has 0 aliphatic rings. The first-order valence-corrected chi connectivity index (χ1v) is 6.12. The minimum Gasteiger partial charge on any atom is -0.479 e. The number of thiocarbonyl (C=S) groups is 1. The fourth-order valence-electron chi connectivity index (χ4n) is 1.00. The minimum absolute atomic E-state index is 0.0348. The van der Waals surface area contributed by atoms with Crippen LogP contribution in [0.1, 0.15) is 17.3 Å². The van der Waals surface area contributed by atoms with Gasteiger partial charge in [0.2, 0.25) is 4.38 Å². The zero-order valence-corrected chi connectivity index (χ0v) is 10.5. The van der Waals surface area contributed by atoms with Crippen molar-refractivity contribution in [1.82, 2.24) is 0 Å². The lowest BCUT2D eigenvalue weighted by Crippen LogP contribution is -1.95. The Balaban J connectivity index is 2.46. The predicted molar refractivity (Wildman–Crippen MR) is 71.7 cm³/mol. The van der Waals surface area contributed by atoms with Gasteiger partial charge in [-0.1, -0.05) is 30.3 Å². The number of allylic oxidation sites excluding steroid dienone is 1. The van der Waals surface area contributed by atoms with Gasteiger partial charge in [0.1, 0.15) is 0 Å². The van der Waals surface area contributed by atoms with E-state index in [2.05, 4.69) is 0 Å². The molecule has 0 fully saturated rings. The third-order valence-electron chi connectivity index (χ3n) is 1.70. The van der Waals surface area contributed by atoms with Crippen LogP contribution in [0.2, 0.25) is 0 Å². The summed E-state index contributed by atoms with van der Waals surface area (Å²) in [4.78, 5) is 11.6. The molecule has 0 bridgehead atoms. The molecule has 1 rings (SSSR count). The molecule has 0 heterocycles. The average Bonchev–Trinajstić information content (AvgIpc) is 2.30. The maximum absolute atomic E-state index is 11.6. The van der Waals surface area contributed by atoms with Crippen LogP contribution in [0.25, 0.3) is 0 Å². The second-order valence-electron chi connectivity index (χ2n) is 2.83. The second kappa shape index (κ2) is 7.19. The van der Waals surface area contributed by atoms with Crippen LogP contribution < -0.4 is 0 Å². The second-order valence-corrected chi connectivity index (χ2v) is 4.34. The van der Waals surface area contributed by atoms with Crippen molar-refractivity contribution < 1.29 is 9.53 Å². The molecular weight excluding hydrogens is 240 g/mol. The molecule has 16 heavy (non-hydrogen) atoms. The van der Waals surface area contributed by atoms with Gasteiger partial charge >= 0.3 is 0 Å². The van der Waals surface area contributed by atoms with E-state index in [-0.39, 0.29) is 5.78 Å². The summed E-state index contributed by atoms with van der Waals surface area (Å²) in [5.74, 6) is -0.0348. The normalized spacial score (nSPS) is 10.3. The summed E-state index contributed by atoms with van der Waals surface area (Å²) in [7, 11) is 0. The molecular formula is C12H12O2S2. The molecule has 0 atom stereocenters. The number of thioether (sulfide) groups is 1. The number of ether oxygens (including phenoxy) is 1. The number of carbonyl (C=O) groups is 1. The largest absolute Gasteiger partial charge is 0.479 e. The Morgan fingerprint density at radius 1 is 1.44 bits per heavy atom. The topological polar surface area (TPSA) is 26.3 Å². The fourth-order valence-corrected chi connectivity index (χ4v) is 1.78. The lowest BCUT2D eigenvalue weighted by molar-refractivity contribution is 0.104. The Morgan fingerprint density at radius 2 is 2.12 bits per heavy atom. The van der Waals surface area contributed by atoms with Gasteiger partial charge in [-0.25, -0.2) is 0 Å². The summed E-state index contributed by atoms with van der Waals surface area (Å²) in [5.41, 5.74) is 0.668. The standard InChI is InChI=1S/C12H12O2S2/c1-2-14-12(15)16-9-8-11(13)10-6-4-3-5-7-10/h3-9H,2H2,1H3/b9-8+. The first-order valence-electron chi connectivity index (χ1n) is 4.83. The van der Waals surface area contributed by atoms with Crippen molar-refractivity contribution >= 4 is 34.1 Å². The average molecular weight is 252 g/mol. The number of carbonyl (C=O) groups excluding carboxylic acids is 1. The van der Waals surface area contributed by atoms with E-state index in [9.17, 15) is 4.79 Å². The summed E-state index contributed by atoms with van der Waals surface area (Å²) in [6, 6.07) is 9.09. The van der Waals surface area contributed by atoms with Crippen molar-refractivity contribution in [2.45, 2.75) is 6.92 Å². The van der Waals surface area contributed by atoms with E-state index in [1.54, 1.807) is 17.5 Å². The van der Waals surface area contributed by atoms with Crippen molar-refractivity contribution in [3.8, 4) is 0 Å². The lowest BCUT2D eigenvalue weighted by atomic mass is 10.1. The van der Waals surface area contributed by atoms with Gasteiger partial charge in [-0.05, 0) is 42.4 Å². The van der Waals surface area contributed by atoms with Crippen molar-refractivity contribution in [3.63, 3.8) is 0 Å². The molecule has 0 aliphatic heterocycles. The third kappa shape index (κ3) is 4.59. The van der Waals surface area contributed by atoms with Crippen LogP contribution in [0.15, 0.2) is 41.8 Å². The van der Waals surface area contributed by atoms with E-state index in [0.29, 0.717) is 16.6 Å². The smallest absolute Gasteiger partial charge is 0.224 e. The Morgan fingerprint density at radius 3 is 2.75 bits per heavy atom. The zero-order chi connectivity index (χ0) is 11.8. The van der Waals surface area contributed by atoms with Crippen molar-refractivity contribution in [2.75, 3.05) is 6.61 Å². The maximum Gasteiger partial charge on any atom is 0.224 e. The van der Waals surface area contributed by atoms with E-state index in [1.165, 1.54) is 17.8 Å². The first-order chi connectivity index (χ1) is 7.74. The highest BCUT2D eigenvalue weighted by Gasteiger charge is 1.99. The molecule has 0 aromatic heterocycles. The van der Waals surface area contributed by atoms with Gasteiger partial charge in [0, 0.05) is 5.56 Å². The number of hydrogen-bond donors (Lipinski definition) is 0. The van der Waals surface area contributed by atoms with Gasteiger partial charge in [-0.2, -0.15) is 0 Å². The van der Waals surface area contributed by atoms with Gasteiger partial charge in [0.05, 0.1) is 6.61 Å². The van der Waals surface area contributed by atoms with E-state index >= 15 is 0 Å². The monoisotopic (exact) mass is 252 g/mol. The SMILES string of the molecule is CCOC(=S)S/C=C/C(=O)c1ccccc1. The summed E-state index contributed by atoms with van der Waals surface area (Å²) in [6.45, 7) is 2.41. The Kier molecular flexibility index (Phi) is 5.82. The van der Waals surface area contributed by atoms with Crippen LogP contribution in [-0.2, 0) is 4.74 Å². The fraction of sp³-hybridized carbons (Fsp3) is 0.167. The molecule has 1 aromatic carbocycles. The number of benzene rings is 1. The minimum atomic E-state index is -0.0348. The van der Waals surface area contributed by atoms with Gasteiger partial charge in [0.15, 0.2) is 5.78 Å². The Hall–Kier alpha value is -1.13. The highest BCUT2D eigenvalue weighted by molar-refractivity contribution is 8.24. The third-order valence-corrected chi connectivity index (χ3v) is 2.69. The molecule has 0 saturated carbocycles. The summed E-state index contributed by atoms with van der Waals surface area (Å²) in [5, 5.41) is 1.65. The molecule has 0 radical (unpaired) electrons. The Bertz CT molecular complexity index is 385. The van der Waals surface area contributed by atoms with E-state index in [4.69, 9.17) is 17.0 Å². The molecule has 0 aliphatic carbocycles. The van der Waals surface area contributed by atoms with Crippen LogP contribution in [0.5, 0.6) is 0 Å². The molecule has 0 N–H and O–H groups in total. The number of rotatable bonds is 4. The lowest BCUT2D eigenvalue weighted by Gasteiger charge is -1.99. The summed E-state index contributed by atoms with van der Waals surface area (Å²) >= 11 is 6.13. The van der Waals surface area contributed by atoms with Gasteiger partial charge in [-0.3, -0.25) is 4.79 Å². The summed E-state index contributed by atoms with van der Waals surface area (Å²) < 4.78 is 5.49. The first kappa shape index (κ1) is 12.9. The van der Waals surface area contributed by atoms with Crippen molar-refractivity contribution in [3.05, 3.63) is 47.4 Å². The van der Waals surface area contributed by atoms with E-state index < -0.39 is 0 Å². The maximum atomic E-state index is 11.6. The van der Waals surface area contributed by atoms with Crippen LogP contribution >= 0.6 is 24.0 Å². The zero-order valence-electron chi connectivity index (χ0n) is 8.88. The molecule has 0 unspecified atom stereocenters. The molecule has 0 amide bonds. The Labute approximate surface area is 105 Å². The number of hydrogen-bond acceptors (Lipinski definition) is 4. The highest BCUT2D eigenvalue weighted by Crippen LogP contribution is 2.09. The van der Waals surface area contributed by atoms with E-state index in [1.807, 2.05) is 25.1 Å². The molecule has 1 aromatic rings. The highest BCUT2D eigenvalue weighted by atomic mass is 32.2. The van der Waals surface area contributed by atoms with Crippen LogP contribution in [0, 0.1) is 0 Å². The van der Waals surface area contributed by atoms with Gasteiger partial charge in [0.25, 0.3) is 0 Å². The van der Waals surface area contributed by atoms with Crippen LogP contribution in [0.3, 0.4) is 0 Å². The van der Waals surface area contributed by atoms with Gasteiger partial charge < -0.3 is 4.74 Å². The molecule has 0 saturated heterocycles. The molecule has 4 heteroatoms. The van der Waals surface area contributed by atoms with Crippen molar-refractivity contribution in [2.24, 2.45) is 0 Å².